The molecule has 21 heavy (non-hydrogen) atoms. The molecule has 5 nitrogen and oxygen atoms in total. The summed E-state index contributed by atoms with van der Waals surface area (Å²) >= 11 is 1.30. The minimum atomic E-state index is 0.0948. The Labute approximate surface area is 131 Å². The summed E-state index contributed by atoms with van der Waals surface area (Å²) < 4.78 is 0. The highest BCUT2D eigenvalue weighted by atomic mass is 32.1. The highest BCUT2D eigenvalue weighted by molar-refractivity contribution is 7.17. The first-order valence-electron chi connectivity index (χ1n) is 7.61. The number of nitrogen functional groups attached to an aromatic ring is 1. The number of piperidine rings is 1. The number of nitrogens with two attached hydrogens (primary N) is 1. The predicted molar refractivity (Wildman–Crippen MR) is 87.7 cm³/mol. The summed E-state index contributed by atoms with van der Waals surface area (Å²) in [7, 11) is 2.17. The minimum absolute atomic E-state index is 0.0948. The van der Waals surface area contributed by atoms with Crippen molar-refractivity contribution in [3.8, 4) is 0 Å². The topological polar surface area (TPSA) is 62.5 Å². The van der Waals surface area contributed by atoms with Crippen LogP contribution in [0.4, 0.5) is 5.13 Å². The zero-order valence-electron chi connectivity index (χ0n) is 13.4. The molecular formula is C15H26N4OS. The second-order valence-corrected chi connectivity index (χ2v) is 7.27. The summed E-state index contributed by atoms with van der Waals surface area (Å²) in [6, 6.07) is 0.576. The van der Waals surface area contributed by atoms with E-state index in [0.29, 0.717) is 22.0 Å². The van der Waals surface area contributed by atoms with Crippen LogP contribution in [0.1, 0.15) is 42.1 Å². The van der Waals surface area contributed by atoms with E-state index in [0.717, 1.165) is 38.2 Å². The van der Waals surface area contributed by atoms with Crippen molar-refractivity contribution in [3.63, 3.8) is 0 Å². The van der Waals surface area contributed by atoms with Crippen molar-refractivity contribution in [1.29, 1.82) is 0 Å². The van der Waals surface area contributed by atoms with Gasteiger partial charge in [-0.2, -0.15) is 0 Å². The number of aryl methyl sites for hydroxylation is 1. The van der Waals surface area contributed by atoms with Gasteiger partial charge in [0.15, 0.2) is 5.13 Å². The Bertz CT molecular complexity index is 492. The molecule has 6 heteroatoms. The van der Waals surface area contributed by atoms with Crippen molar-refractivity contribution >= 4 is 22.4 Å². The molecule has 0 bridgehead atoms. The Kier molecular flexibility index (Phi) is 5.22. The van der Waals surface area contributed by atoms with Crippen molar-refractivity contribution in [2.75, 3.05) is 32.4 Å². The van der Waals surface area contributed by atoms with Crippen LogP contribution in [0.3, 0.4) is 0 Å². The molecule has 118 valence electrons. The van der Waals surface area contributed by atoms with E-state index in [9.17, 15) is 4.79 Å². The molecule has 2 heterocycles. The van der Waals surface area contributed by atoms with Gasteiger partial charge in [0.05, 0.1) is 5.69 Å². The SMILES string of the molecule is Cc1nc(N)sc1C(=O)N1CCC(CN(C)C(C)C)CC1. The maximum Gasteiger partial charge on any atom is 0.265 e. The lowest BCUT2D eigenvalue weighted by Gasteiger charge is -2.34. The number of carbonyl (C=O) groups is 1. The summed E-state index contributed by atoms with van der Waals surface area (Å²) in [4.78, 5) is 21.7. The number of aromatic nitrogens is 1. The number of nitrogens with zero attached hydrogens (tertiary/aromatic N) is 3. The van der Waals surface area contributed by atoms with Gasteiger partial charge in [-0.1, -0.05) is 11.3 Å². The second kappa shape index (κ2) is 6.75. The average molecular weight is 310 g/mol. The molecule has 1 saturated heterocycles. The van der Waals surface area contributed by atoms with Gasteiger partial charge < -0.3 is 15.5 Å². The molecule has 0 aromatic carbocycles. The number of hydrogen-bond donors (Lipinski definition) is 1. The molecule has 1 aliphatic rings. The standard InChI is InChI=1S/C15H26N4OS/c1-10(2)18(4)9-12-5-7-19(8-6-12)14(20)13-11(3)17-15(16)21-13/h10,12H,5-9H2,1-4H3,(H2,16,17). The van der Waals surface area contributed by atoms with Crippen molar-refractivity contribution in [3.05, 3.63) is 10.6 Å². The summed E-state index contributed by atoms with van der Waals surface area (Å²) in [5, 5.41) is 0.476. The molecule has 0 spiro atoms. The molecule has 1 aromatic rings. The molecule has 1 fully saturated rings. The fraction of sp³-hybridized carbons (Fsp3) is 0.733. The number of carbonyl (C=O) groups excluding carboxylic acids is 1. The van der Waals surface area contributed by atoms with Crippen LogP contribution in [0.5, 0.6) is 0 Å². The van der Waals surface area contributed by atoms with Crippen molar-refractivity contribution in [2.24, 2.45) is 5.92 Å². The largest absolute Gasteiger partial charge is 0.375 e. The Hall–Kier alpha value is -1.14. The molecule has 1 amide bonds. The van der Waals surface area contributed by atoms with E-state index in [2.05, 4.69) is 30.8 Å². The normalized spacial score (nSPS) is 17.0. The number of hydrogen-bond acceptors (Lipinski definition) is 5. The molecule has 1 aromatic heterocycles. The van der Waals surface area contributed by atoms with Crippen LogP contribution in [0, 0.1) is 12.8 Å². The van der Waals surface area contributed by atoms with Gasteiger partial charge >= 0.3 is 0 Å². The lowest BCUT2D eigenvalue weighted by atomic mass is 9.95. The highest BCUT2D eigenvalue weighted by Crippen LogP contribution is 2.25. The van der Waals surface area contributed by atoms with E-state index in [-0.39, 0.29) is 5.91 Å². The van der Waals surface area contributed by atoms with E-state index in [1.165, 1.54) is 11.3 Å². The van der Waals surface area contributed by atoms with E-state index in [1.54, 1.807) is 0 Å². The maximum absolute atomic E-state index is 12.5. The van der Waals surface area contributed by atoms with Crippen LogP contribution < -0.4 is 5.73 Å². The third-order valence-corrected chi connectivity index (χ3v) is 5.31. The first-order chi connectivity index (χ1) is 9.88. The number of likely N-dealkylation sites (tertiary alicyclic amines) is 1. The van der Waals surface area contributed by atoms with Gasteiger partial charge in [0.25, 0.3) is 5.91 Å². The van der Waals surface area contributed by atoms with E-state index >= 15 is 0 Å². The van der Waals surface area contributed by atoms with E-state index < -0.39 is 0 Å². The summed E-state index contributed by atoms with van der Waals surface area (Å²) in [5.74, 6) is 0.784. The zero-order valence-corrected chi connectivity index (χ0v) is 14.2. The third-order valence-electron chi connectivity index (χ3n) is 4.34. The Morgan fingerprint density at radius 1 is 1.48 bits per heavy atom. The molecule has 2 rings (SSSR count). The lowest BCUT2D eigenvalue weighted by Crippen LogP contribution is -2.42. The van der Waals surface area contributed by atoms with Gasteiger partial charge in [-0.25, -0.2) is 4.98 Å². The average Bonchev–Trinajstić information content (AvgIpc) is 2.77. The fourth-order valence-corrected chi connectivity index (χ4v) is 3.50. The Morgan fingerprint density at radius 3 is 2.57 bits per heavy atom. The number of rotatable bonds is 4. The Balaban J connectivity index is 1.89. The van der Waals surface area contributed by atoms with Crippen LogP contribution in [-0.2, 0) is 0 Å². The van der Waals surface area contributed by atoms with Gasteiger partial charge in [-0.05, 0) is 46.6 Å². The molecule has 0 radical (unpaired) electrons. The summed E-state index contributed by atoms with van der Waals surface area (Å²) in [6.45, 7) is 9.08. The monoisotopic (exact) mass is 310 g/mol. The molecule has 2 N–H and O–H groups in total. The van der Waals surface area contributed by atoms with Gasteiger partial charge in [0.2, 0.25) is 0 Å². The van der Waals surface area contributed by atoms with Crippen LogP contribution in [-0.4, -0.2) is 53.4 Å². The Morgan fingerprint density at radius 2 is 2.10 bits per heavy atom. The van der Waals surface area contributed by atoms with Gasteiger partial charge in [0, 0.05) is 25.7 Å². The summed E-state index contributed by atoms with van der Waals surface area (Å²) in [5.41, 5.74) is 6.44. The molecule has 0 atom stereocenters. The van der Waals surface area contributed by atoms with Crippen molar-refractivity contribution in [1.82, 2.24) is 14.8 Å². The fourth-order valence-electron chi connectivity index (χ4n) is 2.70. The molecule has 0 saturated carbocycles. The number of amides is 1. The van der Waals surface area contributed by atoms with Gasteiger partial charge in [-0.15, -0.1) is 0 Å². The van der Waals surface area contributed by atoms with Crippen molar-refractivity contribution in [2.45, 2.75) is 39.7 Å². The first-order valence-corrected chi connectivity index (χ1v) is 8.42. The first kappa shape index (κ1) is 16.2. The number of anilines is 1. The quantitative estimate of drug-likeness (QED) is 0.926. The van der Waals surface area contributed by atoms with Gasteiger partial charge in [-0.3, -0.25) is 4.79 Å². The predicted octanol–water partition coefficient (Wildman–Crippen LogP) is 2.23. The van der Waals surface area contributed by atoms with Crippen LogP contribution in [0.15, 0.2) is 0 Å². The maximum atomic E-state index is 12.5. The van der Waals surface area contributed by atoms with Gasteiger partial charge in [0.1, 0.15) is 4.88 Å². The lowest BCUT2D eigenvalue weighted by molar-refractivity contribution is 0.0670. The zero-order chi connectivity index (χ0) is 15.6. The third kappa shape index (κ3) is 3.95. The van der Waals surface area contributed by atoms with Crippen LogP contribution >= 0.6 is 11.3 Å². The van der Waals surface area contributed by atoms with Crippen LogP contribution in [0.25, 0.3) is 0 Å². The smallest absolute Gasteiger partial charge is 0.265 e. The molecule has 0 unspecified atom stereocenters. The number of thiazole rings is 1. The molecular weight excluding hydrogens is 284 g/mol. The molecule has 0 aliphatic carbocycles. The van der Waals surface area contributed by atoms with Crippen molar-refractivity contribution < 1.29 is 4.79 Å². The second-order valence-electron chi connectivity index (χ2n) is 6.24. The van der Waals surface area contributed by atoms with E-state index in [1.807, 2.05) is 11.8 Å². The highest BCUT2D eigenvalue weighted by Gasteiger charge is 2.26. The molecule has 1 aliphatic heterocycles. The minimum Gasteiger partial charge on any atom is -0.375 e. The van der Waals surface area contributed by atoms with Crippen LogP contribution in [0.2, 0.25) is 0 Å². The summed E-state index contributed by atoms with van der Waals surface area (Å²) in [6.07, 6.45) is 2.16. The van der Waals surface area contributed by atoms with E-state index in [4.69, 9.17) is 5.73 Å².